The maximum Gasteiger partial charge on any atom is 0.0112 e. The Labute approximate surface area is 106 Å². The summed E-state index contributed by atoms with van der Waals surface area (Å²) in [7, 11) is 0. The van der Waals surface area contributed by atoms with Gasteiger partial charge in [0.2, 0.25) is 0 Å². The Morgan fingerprint density at radius 2 is 1.53 bits per heavy atom. The van der Waals surface area contributed by atoms with Gasteiger partial charge in [-0.3, -0.25) is 4.90 Å². The molecule has 0 radical (unpaired) electrons. The summed E-state index contributed by atoms with van der Waals surface area (Å²) in [6.07, 6.45) is 11.8. The van der Waals surface area contributed by atoms with Gasteiger partial charge in [-0.2, -0.15) is 0 Å². The van der Waals surface area contributed by atoms with E-state index >= 15 is 0 Å². The quantitative estimate of drug-likeness (QED) is 0.743. The van der Waals surface area contributed by atoms with E-state index in [-0.39, 0.29) is 0 Å². The summed E-state index contributed by atoms with van der Waals surface area (Å²) in [6.45, 7) is 6.81. The smallest absolute Gasteiger partial charge is 0.0112 e. The third-order valence-corrected chi connectivity index (χ3v) is 4.93. The average Bonchev–Trinajstić information content (AvgIpc) is 3.18. The van der Waals surface area contributed by atoms with Crippen molar-refractivity contribution in [3.05, 3.63) is 0 Å². The van der Waals surface area contributed by atoms with Crippen molar-refractivity contribution < 1.29 is 0 Å². The molecule has 0 aromatic carbocycles. The summed E-state index contributed by atoms with van der Waals surface area (Å²) in [5.41, 5.74) is 0. The third-order valence-electron chi connectivity index (χ3n) is 4.93. The highest BCUT2D eigenvalue weighted by Gasteiger charge is 2.27. The van der Waals surface area contributed by atoms with E-state index < -0.39 is 0 Å². The molecule has 1 aliphatic heterocycles. The lowest BCUT2D eigenvalue weighted by molar-refractivity contribution is 0.158. The highest BCUT2D eigenvalue weighted by molar-refractivity contribution is 4.82. The van der Waals surface area contributed by atoms with E-state index in [0.29, 0.717) is 0 Å². The van der Waals surface area contributed by atoms with Crippen molar-refractivity contribution in [2.24, 2.45) is 5.92 Å². The highest BCUT2D eigenvalue weighted by Crippen LogP contribution is 2.30. The van der Waals surface area contributed by atoms with Gasteiger partial charge in [-0.05, 0) is 51.1 Å². The standard InChI is InChI=1S/C15H28N2/c1-2-5-15(6-3-1)17-10-4-9-16(11-12-17)13-14-7-8-14/h14-15H,1-13H2. The van der Waals surface area contributed by atoms with Crippen molar-refractivity contribution in [2.45, 2.75) is 57.4 Å². The Morgan fingerprint density at radius 3 is 2.29 bits per heavy atom. The normalized spacial score (nSPS) is 30.4. The first kappa shape index (κ1) is 12.0. The predicted octanol–water partition coefficient (Wildman–Crippen LogP) is 2.74. The zero-order valence-electron chi connectivity index (χ0n) is 11.2. The monoisotopic (exact) mass is 236 g/mol. The van der Waals surface area contributed by atoms with Gasteiger partial charge in [0.05, 0.1) is 0 Å². The van der Waals surface area contributed by atoms with Crippen LogP contribution in [0.2, 0.25) is 0 Å². The molecule has 0 aromatic rings. The number of hydrogen-bond donors (Lipinski definition) is 0. The molecular weight excluding hydrogens is 208 g/mol. The fourth-order valence-electron chi connectivity index (χ4n) is 3.65. The number of hydrogen-bond acceptors (Lipinski definition) is 2. The first-order chi connectivity index (χ1) is 8.42. The van der Waals surface area contributed by atoms with Gasteiger partial charge in [0.1, 0.15) is 0 Å². The summed E-state index contributed by atoms with van der Waals surface area (Å²) in [6, 6.07) is 0.935. The molecule has 0 amide bonds. The first-order valence-electron chi connectivity index (χ1n) is 7.88. The lowest BCUT2D eigenvalue weighted by Crippen LogP contribution is -2.39. The largest absolute Gasteiger partial charge is 0.302 e. The molecule has 2 heteroatoms. The van der Waals surface area contributed by atoms with Crippen LogP contribution in [0.4, 0.5) is 0 Å². The van der Waals surface area contributed by atoms with Crippen LogP contribution in [0.5, 0.6) is 0 Å². The van der Waals surface area contributed by atoms with E-state index in [1.807, 2.05) is 0 Å². The minimum Gasteiger partial charge on any atom is -0.302 e. The molecule has 0 atom stereocenters. The van der Waals surface area contributed by atoms with Crippen LogP contribution in [0.3, 0.4) is 0 Å². The maximum absolute atomic E-state index is 2.81. The van der Waals surface area contributed by atoms with Crippen LogP contribution in [0.25, 0.3) is 0 Å². The van der Waals surface area contributed by atoms with E-state index in [1.54, 1.807) is 0 Å². The van der Waals surface area contributed by atoms with Crippen LogP contribution < -0.4 is 0 Å². The van der Waals surface area contributed by atoms with Gasteiger partial charge in [-0.1, -0.05) is 19.3 Å². The molecule has 0 aromatic heterocycles. The molecule has 3 rings (SSSR count). The molecule has 2 saturated carbocycles. The second-order valence-corrected chi connectivity index (χ2v) is 6.43. The van der Waals surface area contributed by atoms with E-state index in [2.05, 4.69) is 9.80 Å². The van der Waals surface area contributed by atoms with Crippen LogP contribution in [0.15, 0.2) is 0 Å². The van der Waals surface area contributed by atoms with Crippen molar-refractivity contribution >= 4 is 0 Å². The second-order valence-electron chi connectivity index (χ2n) is 6.43. The van der Waals surface area contributed by atoms with Gasteiger partial charge in [0, 0.05) is 25.7 Å². The molecule has 2 aliphatic carbocycles. The average molecular weight is 236 g/mol. The van der Waals surface area contributed by atoms with Crippen molar-refractivity contribution in [3.8, 4) is 0 Å². The Balaban J connectivity index is 1.46. The molecule has 3 fully saturated rings. The topological polar surface area (TPSA) is 6.48 Å². The van der Waals surface area contributed by atoms with E-state index in [1.165, 1.54) is 84.1 Å². The molecule has 98 valence electrons. The summed E-state index contributed by atoms with van der Waals surface area (Å²) in [5.74, 6) is 1.07. The van der Waals surface area contributed by atoms with Crippen LogP contribution in [-0.2, 0) is 0 Å². The third kappa shape index (κ3) is 3.45. The summed E-state index contributed by atoms with van der Waals surface area (Å²) < 4.78 is 0. The number of rotatable bonds is 3. The summed E-state index contributed by atoms with van der Waals surface area (Å²) in [4.78, 5) is 5.55. The van der Waals surface area contributed by atoms with Gasteiger partial charge >= 0.3 is 0 Å². The van der Waals surface area contributed by atoms with Gasteiger partial charge < -0.3 is 4.90 Å². The molecule has 0 spiro atoms. The highest BCUT2D eigenvalue weighted by atomic mass is 15.2. The maximum atomic E-state index is 2.81. The number of nitrogens with zero attached hydrogens (tertiary/aromatic N) is 2. The van der Waals surface area contributed by atoms with E-state index in [0.717, 1.165) is 12.0 Å². The Hall–Kier alpha value is -0.0800. The van der Waals surface area contributed by atoms with Crippen molar-refractivity contribution in [1.29, 1.82) is 0 Å². The van der Waals surface area contributed by atoms with Gasteiger partial charge in [0.25, 0.3) is 0 Å². The lowest BCUT2D eigenvalue weighted by Gasteiger charge is -2.33. The molecule has 3 aliphatic rings. The minimum absolute atomic E-state index is 0.935. The molecule has 0 unspecified atom stereocenters. The molecule has 1 heterocycles. The lowest BCUT2D eigenvalue weighted by atomic mass is 9.94. The van der Waals surface area contributed by atoms with Gasteiger partial charge in [0.15, 0.2) is 0 Å². The fraction of sp³-hybridized carbons (Fsp3) is 1.00. The summed E-state index contributed by atoms with van der Waals surface area (Å²) >= 11 is 0. The molecule has 17 heavy (non-hydrogen) atoms. The molecule has 0 bridgehead atoms. The second kappa shape index (κ2) is 5.71. The fourth-order valence-corrected chi connectivity index (χ4v) is 3.65. The molecule has 1 saturated heterocycles. The molecule has 0 N–H and O–H groups in total. The molecule has 2 nitrogen and oxygen atoms in total. The zero-order valence-corrected chi connectivity index (χ0v) is 11.2. The van der Waals surface area contributed by atoms with Crippen molar-refractivity contribution in [2.75, 3.05) is 32.7 Å². The van der Waals surface area contributed by atoms with E-state index in [4.69, 9.17) is 0 Å². The van der Waals surface area contributed by atoms with Crippen LogP contribution in [0, 0.1) is 5.92 Å². The minimum atomic E-state index is 0.935. The van der Waals surface area contributed by atoms with Crippen molar-refractivity contribution in [1.82, 2.24) is 9.80 Å². The molecular formula is C15H28N2. The Morgan fingerprint density at radius 1 is 0.706 bits per heavy atom. The zero-order chi connectivity index (χ0) is 11.5. The van der Waals surface area contributed by atoms with E-state index in [9.17, 15) is 0 Å². The van der Waals surface area contributed by atoms with Gasteiger partial charge in [-0.15, -0.1) is 0 Å². The van der Waals surface area contributed by atoms with Crippen molar-refractivity contribution in [3.63, 3.8) is 0 Å². The first-order valence-corrected chi connectivity index (χ1v) is 7.88. The van der Waals surface area contributed by atoms with Crippen LogP contribution in [-0.4, -0.2) is 48.6 Å². The Kier molecular flexibility index (Phi) is 4.02. The Bertz CT molecular complexity index is 231. The van der Waals surface area contributed by atoms with Crippen LogP contribution in [0.1, 0.15) is 51.4 Å². The SMILES string of the molecule is C1CCC(N2CCCN(CC3CC3)CC2)CC1. The predicted molar refractivity (Wildman–Crippen MR) is 72.2 cm³/mol. The van der Waals surface area contributed by atoms with Gasteiger partial charge in [-0.25, -0.2) is 0 Å². The van der Waals surface area contributed by atoms with Crippen LogP contribution >= 0.6 is 0 Å². The summed E-state index contributed by atoms with van der Waals surface area (Å²) in [5, 5.41) is 0.